The van der Waals surface area contributed by atoms with Crippen LogP contribution in [0.5, 0.6) is 0 Å². The van der Waals surface area contributed by atoms with Gasteiger partial charge >= 0.3 is 5.97 Å². The number of hydrogen-bond acceptors (Lipinski definition) is 4. The second-order valence-electron chi connectivity index (χ2n) is 3.82. The number of ether oxygens (including phenoxy) is 1. The predicted octanol–water partition coefficient (Wildman–Crippen LogP) is 1.34. The van der Waals surface area contributed by atoms with Gasteiger partial charge in [0, 0.05) is 13.1 Å². The summed E-state index contributed by atoms with van der Waals surface area (Å²) in [6.45, 7) is 0.135. The van der Waals surface area contributed by atoms with Crippen LogP contribution in [0.15, 0.2) is 24.3 Å². The lowest BCUT2D eigenvalue weighted by atomic mass is 10.2. The predicted molar refractivity (Wildman–Crippen MR) is 71.1 cm³/mol. The molecular weight excluding hydrogens is 270 g/mol. The Kier molecular flexibility index (Phi) is 6.32. The van der Waals surface area contributed by atoms with Gasteiger partial charge in [0.1, 0.15) is 0 Å². The highest BCUT2D eigenvalue weighted by Gasteiger charge is 2.18. The quantitative estimate of drug-likeness (QED) is 0.801. The Hall–Kier alpha value is -1.59. The summed E-state index contributed by atoms with van der Waals surface area (Å²) < 4.78 is 4.52. The third-order valence-corrected chi connectivity index (χ3v) is 2.90. The molecule has 19 heavy (non-hydrogen) atoms. The van der Waals surface area contributed by atoms with Crippen LogP contribution in [0.2, 0.25) is 5.02 Å². The van der Waals surface area contributed by atoms with E-state index >= 15 is 0 Å². The monoisotopic (exact) mass is 285 g/mol. The standard InChI is InChI=1S/C13H16ClNO4/c1-19-12(17)6-7-15(8-9-16)13(18)10-4-2-3-5-11(10)14/h2-5,16H,6-9H2,1H3. The molecule has 0 saturated carbocycles. The maximum atomic E-state index is 12.2. The number of aliphatic hydroxyl groups is 1. The Bertz CT molecular complexity index is 450. The lowest BCUT2D eigenvalue weighted by Crippen LogP contribution is -2.35. The molecule has 0 unspecified atom stereocenters. The van der Waals surface area contributed by atoms with Gasteiger partial charge in [-0.2, -0.15) is 0 Å². The van der Waals surface area contributed by atoms with Gasteiger partial charge in [0.2, 0.25) is 0 Å². The maximum absolute atomic E-state index is 12.2. The molecule has 0 aromatic heterocycles. The van der Waals surface area contributed by atoms with E-state index in [4.69, 9.17) is 16.7 Å². The van der Waals surface area contributed by atoms with Gasteiger partial charge in [-0.3, -0.25) is 9.59 Å². The summed E-state index contributed by atoms with van der Waals surface area (Å²) in [7, 11) is 1.29. The number of aliphatic hydroxyl groups excluding tert-OH is 1. The van der Waals surface area contributed by atoms with Crippen molar-refractivity contribution >= 4 is 23.5 Å². The molecule has 0 fully saturated rings. The SMILES string of the molecule is COC(=O)CCN(CCO)C(=O)c1ccccc1Cl. The number of amides is 1. The van der Waals surface area contributed by atoms with E-state index in [2.05, 4.69) is 4.74 Å². The highest BCUT2D eigenvalue weighted by atomic mass is 35.5. The van der Waals surface area contributed by atoms with Crippen LogP contribution in [0, 0.1) is 0 Å². The van der Waals surface area contributed by atoms with Crippen molar-refractivity contribution in [2.45, 2.75) is 6.42 Å². The van der Waals surface area contributed by atoms with E-state index in [0.717, 1.165) is 0 Å². The van der Waals surface area contributed by atoms with Crippen molar-refractivity contribution in [2.24, 2.45) is 0 Å². The number of rotatable bonds is 6. The van der Waals surface area contributed by atoms with Crippen molar-refractivity contribution in [3.8, 4) is 0 Å². The zero-order valence-electron chi connectivity index (χ0n) is 10.6. The zero-order chi connectivity index (χ0) is 14.3. The minimum atomic E-state index is -0.408. The van der Waals surface area contributed by atoms with Crippen LogP contribution >= 0.6 is 11.6 Å². The minimum Gasteiger partial charge on any atom is -0.469 e. The summed E-state index contributed by atoms with van der Waals surface area (Å²) in [6, 6.07) is 6.65. The van der Waals surface area contributed by atoms with Gasteiger partial charge in [-0.1, -0.05) is 23.7 Å². The van der Waals surface area contributed by atoms with Crippen molar-refractivity contribution in [3.05, 3.63) is 34.9 Å². The molecule has 1 aromatic rings. The van der Waals surface area contributed by atoms with E-state index in [1.165, 1.54) is 12.0 Å². The number of nitrogens with zero attached hydrogens (tertiary/aromatic N) is 1. The highest BCUT2D eigenvalue weighted by Crippen LogP contribution is 2.17. The smallest absolute Gasteiger partial charge is 0.307 e. The molecular formula is C13H16ClNO4. The van der Waals surface area contributed by atoms with Gasteiger partial charge in [-0.25, -0.2) is 0 Å². The van der Waals surface area contributed by atoms with Crippen molar-refractivity contribution in [1.29, 1.82) is 0 Å². The number of esters is 1. The van der Waals surface area contributed by atoms with Gasteiger partial charge in [-0.15, -0.1) is 0 Å². The Morgan fingerprint density at radius 2 is 2.00 bits per heavy atom. The topological polar surface area (TPSA) is 66.8 Å². The number of methoxy groups -OCH3 is 1. The van der Waals surface area contributed by atoms with Crippen LogP contribution in [0.25, 0.3) is 0 Å². The molecule has 0 heterocycles. The first-order chi connectivity index (χ1) is 9.10. The van der Waals surface area contributed by atoms with Crippen LogP contribution in [0.1, 0.15) is 16.8 Å². The molecule has 0 aliphatic rings. The van der Waals surface area contributed by atoms with Crippen LogP contribution in [-0.2, 0) is 9.53 Å². The Balaban J connectivity index is 2.78. The van der Waals surface area contributed by atoms with Crippen LogP contribution in [0.4, 0.5) is 0 Å². The molecule has 1 amide bonds. The van der Waals surface area contributed by atoms with E-state index in [9.17, 15) is 9.59 Å². The van der Waals surface area contributed by atoms with E-state index in [0.29, 0.717) is 10.6 Å². The van der Waals surface area contributed by atoms with E-state index < -0.39 is 5.97 Å². The third kappa shape index (κ3) is 4.54. The van der Waals surface area contributed by atoms with E-state index in [1.54, 1.807) is 24.3 Å². The van der Waals surface area contributed by atoms with E-state index in [1.807, 2.05) is 0 Å². The van der Waals surface area contributed by atoms with Crippen LogP contribution in [-0.4, -0.2) is 48.7 Å². The Labute approximate surface area is 116 Å². The number of benzene rings is 1. The normalized spacial score (nSPS) is 10.1. The first-order valence-corrected chi connectivity index (χ1v) is 6.19. The molecule has 1 N–H and O–H groups in total. The lowest BCUT2D eigenvalue weighted by molar-refractivity contribution is -0.140. The molecule has 0 spiro atoms. The lowest BCUT2D eigenvalue weighted by Gasteiger charge is -2.21. The fourth-order valence-electron chi connectivity index (χ4n) is 1.57. The fraction of sp³-hybridized carbons (Fsp3) is 0.385. The largest absolute Gasteiger partial charge is 0.469 e. The maximum Gasteiger partial charge on any atom is 0.307 e. The molecule has 0 bridgehead atoms. The molecule has 0 aliphatic heterocycles. The number of carbonyl (C=O) groups is 2. The van der Waals surface area contributed by atoms with Crippen LogP contribution < -0.4 is 0 Å². The molecule has 104 valence electrons. The summed E-state index contributed by atoms with van der Waals surface area (Å²) in [5.74, 6) is -0.724. The molecule has 0 saturated heterocycles. The Morgan fingerprint density at radius 1 is 1.32 bits per heavy atom. The molecule has 0 atom stereocenters. The number of carbonyl (C=O) groups excluding carboxylic acids is 2. The van der Waals surface area contributed by atoms with Gasteiger partial charge in [-0.05, 0) is 12.1 Å². The molecule has 0 radical (unpaired) electrons. The Morgan fingerprint density at radius 3 is 2.58 bits per heavy atom. The van der Waals surface area contributed by atoms with Crippen molar-refractivity contribution in [2.75, 3.05) is 26.8 Å². The molecule has 5 nitrogen and oxygen atoms in total. The second-order valence-corrected chi connectivity index (χ2v) is 4.23. The zero-order valence-corrected chi connectivity index (χ0v) is 11.4. The van der Waals surface area contributed by atoms with Gasteiger partial charge in [0.15, 0.2) is 0 Å². The fourth-order valence-corrected chi connectivity index (χ4v) is 1.79. The van der Waals surface area contributed by atoms with Crippen molar-refractivity contribution in [1.82, 2.24) is 4.90 Å². The molecule has 1 aromatic carbocycles. The summed E-state index contributed by atoms with van der Waals surface area (Å²) in [5.41, 5.74) is 0.350. The first kappa shape index (κ1) is 15.5. The van der Waals surface area contributed by atoms with E-state index in [-0.39, 0.29) is 32.0 Å². The first-order valence-electron chi connectivity index (χ1n) is 5.81. The van der Waals surface area contributed by atoms with Gasteiger partial charge in [0.05, 0.1) is 30.7 Å². The van der Waals surface area contributed by atoms with Gasteiger partial charge < -0.3 is 14.7 Å². The third-order valence-electron chi connectivity index (χ3n) is 2.57. The average molecular weight is 286 g/mol. The summed E-state index contributed by atoms with van der Waals surface area (Å²) >= 11 is 5.95. The van der Waals surface area contributed by atoms with Crippen LogP contribution in [0.3, 0.4) is 0 Å². The summed E-state index contributed by atoms with van der Waals surface area (Å²) in [6.07, 6.45) is 0.0761. The average Bonchev–Trinajstić information content (AvgIpc) is 2.42. The minimum absolute atomic E-state index is 0.0761. The number of halogens is 1. The summed E-state index contributed by atoms with van der Waals surface area (Å²) in [4.78, 5) is 24.7. The number of hydrogen-bond donors (Lipinski definition) is 1. The molecule has 1 rings (SSSR count). The van der Waals surface area contributed by atoms with Crippen molar-refractivity contribution < 1.29 is 19.4 Å². The molecule has 0 aliphatic carbocycles. The highest BCUT2D eigenvalue weighted by molar-refractivity contribution is 6.33. The molecule has 6 heteroatoms. The summed E-state index contributed by atoms with van der Waals surface area (Å²) in [5, 5.41) is 9.32. The van der Waals surface area contributed by atoms with Gasteiger partial charge in [0.25, 0.3) is 5.91 Å². The van der Waals surface area contributed by atoms with Crippen molar-refractivity contribution in [3.63, 3.8) is 0 Å². The second kappa shape index (κ2) is 7.76.